The molecule has 2 aromatic rings. The molecule has 1 aliphatic rings. The Balaban J connectivity index is 1.57. The molecule has 0 radical (unpaired) electrons. The summed E-state index contributed by atoms with van der Waals surface area (Å²) < 4.78 is 11.2. The van der Waals surface area contributed by atoms with Crippen molar-refractivity contribution in [2.24, 2.45) is 5.92 Å². The molecule has 0 N–H and O–H groups in total. The van der Waals surface area contributed by atoms with Gasteiger partial charge in [0, 0.05) is 12.5 Å². The number of carbonyl (C=O) groups excluding carboxylic acids is 2. The zero-order valence-corrected chi connectivity index (χ0v) is 15.3. The van der Waals surface area contributed by atoms with E-state index in [9.17, 15) is 9.59 Å². The largest absolute Gasteiger partial charge is 0.489 e. The Morgan fingerprint density at radius 3 is 2.59 bits per heavy atom. The van der Waals surface area contributed by atoms with Gasteiger partial charge in [-0.25, -0.2) is 4.79 Å². The van der Waals surface area contributed by atoms with Crippen LogP contribution in [0.4, 0.5) is 0 Å². The van der Waals surface area contributed by atoms with E-state index in [1.807, 2.05) is 19.1 Å². The zero-order valence-electron chi connectivity index (χ0n) is 15.3. The van der Waals surface area contributed by atoms with Crippen LogP contribution in [0.2, 0.25) is 0 Å². The molecule has 0 amide bonds. The summed E-state index contributed by atoms with van der Waals surface area (Å²) in [4.78, 5) is 24.0. The van der Waals surface area contributed by atoms with Crippen molar-refractivity contribution in [3.05, 3.63) is 84.0 Å². The molecule has 0 fully saturated rings. The molecule has 138 valence electrons. The van der Waals surface area contributed by atoms with Gasteiger partial charge in [-0.15, -0.1) is 0 Å². The summed E-state index contributed by atoms with van der Waals surface area (Å²) in [6.45, 7) is 6.24. The number of rotatable bonds is 6. The van der Waals surface area contributed by atoms with Gasteiger partial charge in [0.05, 0.1) is 5.56 Å². The Labute approximate surface area is 159 Å². The second-order valence-corrected chi connectivity index (χ2v) is 6.62. The predicted octanol–water partition coefficient (Wildman–Crippen LogP) is 4.77. The van der Waals surface area contributed by atoms with Crippen LogP contribution in [0.15, 0.2) is 78.4 Å². The molecule has 0 saturated heterocycles. The first-order chi connectivity index (χ1) is 13.0. The summed E-state index contributed by atoms with van der Waals surface area (Å²) in [5, 5.41) is 0. The van der Waals surface area contributed by atoms with Crippen LogP contribution in [0, 0.1) is 5.92 Å². The summed E-state index contributed by atoms with van der Waals surface area (Å²) in [5.41, 5.74) is 2.20. The molecule has 0 spiro atoms. The quantitative estimate of drug-likeness (QED) is 0.422. The van der Waals surface area contributed by atoms with E-state index in [0.717, 1.165) is 17.6 Å². The van der Waals surface area contributed by atoms with Crippen molar-refractivity contribution in [1.82, 2.24) is 0 Å². The standard InChI is InChI=1S/C23H22O4/c1-16-11-12-19(13-22(16)24)17(2)15-26-20-9-6-10-21(14-20)27-23(25)18-7-4-3-5-8-18/h3-11,14,19H,2,12-13,15H2,1H3/t19-/m1/s1. The van der Waals surface area contributed by atoms with E-state index >= 15 is 0 Å². The van der Waals surface area contributed by atoms with E-state index in [4.69, 9.17) is 9.47 Å². The van der Waals surface area contributed by atoms with Gasteiger partial charge in [0.15, 0.2) is 5.78 Å². The molecule has 0 saturated carbocycles. The predicted molar refractivity (Wildman–Crippen MR) is 104 cm³/mol. The van der Waals surface area contributed by atoms with Crippen LogP contribution in [-0.2, 0) is 4.79 Å². The van der Waals surface area contributed by atoms with Crippen molar-refractivity contribution in [1.29, 1.82) is 0 Å². The van der Waals surface area contributed by atoms with Crippen molar-refractivity contribution < 1.29 is 19.1 Å². The number of allylic oxidation sites excluding steroid dienone is 2. The number of carbonyl (C=O) groups is 2. The number of ketones is 1. The van der Waals surface area contributed by atoms with Gasteiger partial charge < -0.3 is 9.47 Å². The molecule has 3 rings (SSSR count). The number of hydrogen-bond acceptors (Lipinski definition) is 4. The SMILES string of the molecule is C=C(COc1cccc(OC(=O)c2ccccc2)c1)[C@@H]1CC=C(C)C(=O)C1. The van der Waals surface area contributed by atoms with Gasteiger partial charge in [-0.1, -0.05) is 36.9 Å². The highest BCUT2D eigenvalue weighted by Crippen LogP contribution is 2.27. The van der Waals surface area contributed by atoms with Gasteiger partial charge >= 0.3 is 5.97 Å². The van der Waals surface area contributed by atoms with Gasteiger partial charge in [-0.2, -0.15) is 0 Å². The van der Waals surface area contributed by atoms with Crippen molar-refractivity contribution in [2.75, 3.05) is 6.61 Å². The summed E-state index contributed by atoms with van der Waals surface area (Å²) in [5.74, 6) is 0.865. The number of hydrogen-bond donors (Lipinski definition) is 0. The fourth-order valence-corrected chi connectivity index (χ4v) is 2.87. The summed E-state index contributed by atoms with van der Waals surface area (Å²) in [7, 11) is 0. The fraction of sp³-hybridized carbons (Fsp3) is 0.217. The fourth-order valence-electron chi connectivity index (χ4n) is 2.87. The summed E-state index contributed by atoms with van der Waals surface area (Å²) in [6, 6.07) is 15.8. The van der Waals surface area contributed by atoms with Crippen molar-refractivity contribution in [2.45, 2.75) is 19.8 Å². The van der Waals surface area contributed by atoms with Gasteiger partial charge in [0.1, 0.15) is 18.1 Å². The Hall–Kier alpha value is -3.14. The van der Waals surface area contributed by atoms with Crippen LogP contribution in [0.25, 0.3) is 0 Å². The van der Waals surface area contributed by atoms with E-state index in [1.54, 1.807) is 48.5 Å². The first kappa shape index (κ1) is 18.6. The van der Waals surface area contributed by atoms with Crippen molar-refractivity contribution in [3.63, 3.8) is 0 Å². The summed E-state index contributed by atoms with van der Waals surface area (Å²) >= 11 is 0. The maximum atomic E-state index is 12.1. The highest BCUT2D eigenvalue weighted by molar-refractivity contribution is 5.95. The highest BCUT2D eigenvalue weighted by atomic mass is 16.5. The smallest absolute Gasteiger partial charge is 0.343 e. The Morgan fingerprint density at radius 1 is 1.11 bits per heavy atom. The lowest BCUT2D eigenvalue weighted by molar-refractivity contribution is -0.116. The van der Waals surface area contributed by atoms with Crippen molar-refractivity contribution >= 4 is 11.8 Å². The number of esters is 1. The van der Waals surface area contributed by atoms with E-state index < -0.39 is 5.97 Å². The van der Waals surface area contributed by atoms with E-state index in [-0.39, 0.29) is 11.7 Å². The number of ether oxygens (including phenoxy) is 2. The van der Waals surface area contributed by atoms with Gasteiger partial charge in [-0.3, -0.25) is 4.79 Å². The molecule has 1 aliphatic carbocycles. The molecule has 4 nitrogen and oxygen atoms in total. The second-order valence-electron chi connectivity index (χ2n) is 6.62. The first-order valence-electron chi connectivity index (χ1n) is 8.90. The average molecular weight is 362 g/mol. The third-order valence-electron chi connectivity index (χ3n) is 4.61. The summed E-state index contributed by atoms with van der Waals surface area (Å²) in [6.07, 6.45) is 3.26. The lowest BCUT2D eigenvalue weighted by Crippen LogP contribution is -2.18. The van der Waals surface area contributed by atoms with Gasteiger partial charge in [-0.05, 0) is 54.7 Å². The molecule has 27 heavy (non-hydrogen) atoms. The maximum Gasteiger partial charge on any atom is 0.343 e. The third kappa shape index (κ3) is 4.94. The molecule has 1 atom stereocenters. The van der Waals surface area contributed by atoms with E-state index in [1.165, 1.54) is 0 Å². The van der Waals surface area contributed by atoms with Crippen molar-refractivity contribution in [3.8, 4) is 11.5 Å². The average Bonchev–Trinajstić information content (AvgIpc) is 2.69. The lowest BCUT2D eigenvalue weighted by Gasteiger charge is -2.22. The molecule has 0 bridgehead atoms. The third-order valence-corrected chi connectivity index (χ3v) is 4.61. The monoisotopic (exact) mass is 362 g/mol. The second kappa shape index (κ2) is 8.49. The molecule has 0 aromatic heterocycles. The van der Waals surface area contributed by atoms with Gasteiger partial charge in [0.25, 0.3) is 0 Å². The molecule has 0 unspecified atom stereocenters. The maximum absolute atomic E-state index is 12.1. The Kier molecular flexibility index (Phi) is 5.87. The normalized spacial score (nSPS) is 16.4. The van der Waals surface area contributed by atoms with Crippen LogP contribution in [0.5, 0.6) is 11.5 Å². The van der Waals surface area contributed by atoms with Crippen LogP contribution in [-0.4, -0.2) is 18.4 Å². The van der Waals surface area contributed by atoms with E-state index in [2.05, 4.69) is 6.58 Å². The molecule has 2 aromatic carbocycles. The topological polar surface area (TPSA) is 52.6 Å². The molecule has 0 heterocycles. The molecule has 0 aliphatic heterocycles. The van der Waals surface area contributed by atoms with Crippen LogP contribution in [0.1, 0.15) is 30.1 Å². The minimum Gasteiger partial charge on any atom is -0.489 e. The Bertz CT molecular complexity index is 880. The minimum atomic E-state index is -0.417. The zero-order chi connectivity index (χ0) is 19.2. The van der Waals surface area contributed by atoms with Crippen LogP contribution in [0.3, 0.4) is 0 Å². The Morgan fingerprint density at radius 2 is 1.85 bits per heavy atom. The van der Waals surface area contributed by atoms with Gasteiger partial charge in [0.2, 0.25) is 0 Å². The van der Waals surface area contributed by atoms with Crippen LogP contribution >= 0.6 is 0 Å². The van der Waals surface area contributed by atoms with E-state index in [0.29, 0.717) is 30.1 Å². The number of Topliss-reactive ketones (excluding diaryl/α,β-unsaturated/α-hetero) is 1. The lowest BCUT2D eigenvalue weighted by atomic mass is 9.85. The van der Waals surface area contributed by atoms with Crippen LogP contribution < -0.4 is 9.47 Å². The first-order valence-corrected chi connectivity index (χ1v) is 8.90. The highest BCUT2D eigenvalue weighted by Gasteiger charge is 2.21. The number of benzene rings is 2. The molecular weight excluding hydrogens is 340 g/mol. The molecular formula is C23H22O4. The molecule has 4 heteroatoms. The minimum absolute atomic E-state index is 0.111.